The fraction of sp³-hybridized carbons (Fsp3) is 0.231. The van der Waals surface area contributed by atoms with Crippen LogP contribution in [0.25, 0.3) is 17.1 Å². The summed E-state index contributed by atoms with van der Waals surface area (Å²) in [5.41, 5.74) is 4.73. The lowest BCUT2D eigenvalue weighted by Crippen LogP contribution is -2.04. The van der Waals surface area contributed by atoms with E-state index in [2.05, 4.69) is 47.4 Å². The van der Waals surface area contributed by atoms with Crippen LogP contribution in [0.3, 0.4) is 0 Å². The Morgan fingerprint density at radius 3 is 2.78 bits per heavy atom. The number of fused-ring (bicyclic) bond motifs is 1. The van der Waals surface area contributed by atoms with Crippen molar-refractivity contribution in [3.05, 3.63) is 78.3 Å². The zero-order chi connectivity index (χ0) is 22.5. The van der Waals surface area contributed by atoms with Crippen molar-refractivity contribution in [1.82, 2.24) is 14.5 Å². The molecule has 0 saturated heterocycles. The first-order valence-corrected chi connectivity index (χ1v) is 10.8. The van der Waals surface area contributed by atoms with Crippen molar-refractivity contribution in [3.63, 3.8) is 0 Å². The third-order valence-corrected chi connectivity index (χ3v) is 5.09. The molecular weight excluding hydrogens is 400 g/mol. The molecule has 2 heterocycles. The standard InChI is InChI=1S/C26H28N4O2/c1-18(2)7-8-20-5-4-6-22(16-20)32-24-10-9-21(15-19(24)3)29-26-25-23(27-17-28-26)11-12-30(25)13-14-31/h4-12,15-18,31H,13-14H2,1-3H3,(H,27,28,29). The van der Waals surface area contributed by atoms with E-state index in [9.17, 15) is 5.11 Å². The van der Waals surface area contributed by atoms with E-state index in [0.29, 0.717) is 18.3 Å². The van der Waals surface area contributed by atoms with Crippen LogP contribution in [0, 0.1) is 12.8 Å². The van der Waals surface area contributed by atoms with Crippen molar-refractivity contribution in [2.45, 2.75) is 27.3 Å². The lowest BCUT2D eigenvalue weighted by Gasteiger charge is -2.13. The van der Waals surface area contributed by atoms with Crippen LogP contribution in [0.15, 0.2) is 67.1 Å². The molecule has 0 bridgehead atoms. The van der Waals surface area contributed by atoms with Crippen LogP contribution in [-0.4, -0.2) is 26.2 Å². The maximum absolute atomic E-state index is 9.34. The second-order valence-corrected chi connectivity index (χ2v) is 8.07. The van der Waals surface area contributed by atoms with Gasteiger partial charge in [-0.1, -0.05) is 38.1 Å². The topological polar surface area (TPSA) is 72.2 Å². The normalized spacial score (nSPS) is 11.5. The first kappa shape index (κ1) is 21.6. The molecule has 2 N–H and O–H groups in total. The number of benzene rings is 2. The first-order chi connectivity index (χ1) is 15.5. The van der Waals surface area contributed by atoms with Crippen LogP contribution in [0.5, 0.6) is 11.5 Å². The SMILES string of the molecule is Cc1cc(Nc2ncnc3ccn(CCO)c23)ccc1Oc1cccc(C=CC(C)C)c1. The second kappa shape index (κ2) is 9.66. The number of rotatable bonds is 8. The van der Waals surface area contributed by atoms with Gasteiger partial charge in [0.05, 0.1) is 12.1 Å². The number of nitrogens with zero attached hydrogens (tertiary/aromatic N) is 3. The fourth-order valence-electron chi connectivity index (χ4n) is 3.51. The molecule has 0 saturated carbocycles. The largest absolute Gasteiger partial charge is 0.457 e. The summed E-state index contributed by atoms with van der Waals surface area (Å²) in [5.74, 6) is 2.81. The number of anilines is 2. The van der Waals surface area contributed by atoms with Crippen LogP contribution in [0.4, 0.5) is 11.5 Å². The van der Waals surface area contributed by atoms with E-state index in [0.717, 1.165) is 39.3 Å². The number of allylic oxidation sites excluding steroid dienone is 1. The van der Waals surface area contributed by atoms with Crippen molar-refractivity contribution < 1.29 is 9.84 Å². The molecule has 4 aromatic rings. The van der Waals surface area contributed by atoms with Crippen molar-refractivity contribution in [1.29, 1.82) is 0 Å². The number of aliphatic hydroxyl groups excluding tert-OH is 1. The number of hydrogen-bond acceptors (Lipinski definition) is 5. The Morgan fingerprint density at radius 2 is 2.00 bits per heavy atom. The van der Waals surface area contributed by atoms with E-state index < -0.39 is 0 Å². The quantitative estimate of drug-likeness (QED) is 0.363. The van der Waals surface area contributed by atoms with Gasteiger partial charge in [-0.15, -0.1) is 0 Å². The molecule has 0 amide bonds. The summed E-state index contributed by atoms with van der Waals surface area (Å²) in [7, 11) is 0. The van der Waals surface area contributed by atoms with Crippen LogP contribution in [-0.2, 0) is 6.54 Å². The molecular formula is C26H28N4O2. The maximum atomic E-state index is 9.34. The molecule has 2 aromatic heterocycles. The molecule has 0 fully saturated rings. The van der Waals surface area contributed by atoms with Gasteiger partial charge in [0, 0.05) is 18.4 Å². The predicted octanol–water partition coefficient (Wildman–Crippen LogP) is 5.94. The van der Waals surface area contributed by atoms with Gasteiger partial charge < -0.3 is 19.7 Å². The van der Waals surface area contributed by atoms with Crippen LogP contribution >= 0.6 is 0 Å². The Kier molecular flexibility index (Phi) is 6.52. The predicted molar refractivity (Wildman–Crippen MR) is 129 cm³/mol. The minimum absolute atomic E-state index is 0.0533. The summed E-state index contributed by atoms with van der Waals surface area (Å²) in [6.45, 7) is 6.88. The van der Waals surface area contributed by atoms with Crippen LogP contribution < -0.4 is 10.1 Å². The van der Waals surface area contributed by atoms with Gasteiger partial charge in [-0.25, -0.2) is 9.97 Å². The summed E-state index contributed by atoms with van der Waals surface area (Å²) in [6, 6.07) is 16.0. The lowest BCUT2D eigenvalue weighted by atomic mass is 10.1. The highest BCUT2D eigenvalue weighted by Crippen LogP contribution is 2.30. The van der Waals surface area contributed by atoms with Crippen LogP contribution in [0.1, 0.15) is 25.0 Å². The monoisotopic (exact) mass is 428 g/mol. The Hall–Kier alpha value is -3.64. The van der Waals surface area contributed by atoms with Crippen molar-refractivity contribution in [2.75, 3.05) is 11.9 Å². The maximum Gasteiger partial charge on any atom is 0.158 e. The number of aliphatic hydroxyl groups is 1. The molecule has 0 aliphatic carbocycles. The van der Waals surface area contributed by atoms with E-state index >= 15 is 0 Å². The average Bonchev–Trinajstić information content (AvgIpc) is 3.19. The van der Waals surface area contributed by atoms with Crippen molar-refractivity contribution >= 4 is 28.6 Å². The second-order valence-electron chi connectivity index (χ2n) is 8.07. The molecule has 0 radical (unpaired) electrons. The van der Waals surface area contributed by atoms with E-state index in [1.54, 1.807) is 6.33 Å². The molecule has 164 valence electrons. The van der Waals surface area contributed by atoms with E-state index in [1.165, 1.54) is 0 Å². The average molecular weight is 429 g/mol. The summed E-state index contributed by atoms with van der Waals surface area (Å²) in [4.78, 5) is 8.73. The van der Waals surface area contributed by atoms with Gasteiger partial charge in [0.2, 0.25) is 0 Å². The molecule has 0 spiro atoms. The van der Waals surface area contributed by atoms with Gasteiger partial charge in [-0.3, -0.25) is 0 Å². The zero-order valence-electron chi connectivity index (χ0n) is 18.6. The van der Waals surface area contributed by atoms with Crippen LogP contribution in [0.2, 0.25) is 0 Å². The highest BCUT2D eigenvalue weighted by Gasteiger charge is 2.10. The number of nitrogens with one attached hydrogen (secondary N) is 1. The Balaban J connectivity index is 1.54. The molecule has 6 nitrogen and oxygen atoms in total. The highest BCUT2D eigenvalue weighted by atomic mass is 16.5. The van der Waals surface area contributed by atoms with Gasteiger partial charge in [0.1, 0.15) is 23.3 Å². The van der Waals surface area contributed by atoms with Gasteiger partial charge in [0.15, 0.2) is 5.82 Å². The van der Waals surface area contributed by atoms with E-state index in [1.807, 2.05) is 60.2 Å². The van der Waals surface area contributed by atoms with Gasteiger partial charge in [-0.05, 0) is 60.4 Å². The molecule has 4 rings (SSSR count). The Labute approximate surface area is 188 Å². The Morgan fingerprint density at radius 1 is 1.12 bits per heavy atom. The van der Waals surface area contributed by atoms with Gasteiger partial charge >= 0.3 is 0 Å². The van der Waals surface area contributed by atoms with Crippen molar-refractivity contribution in [3.8, 4) is 11.5 Å². The minimum atomic E-state index is 0.0533. The summed E-state index contributed by atoms with van der Waals surface area (Å²) >= 11 is 0. The third kappa shape index (κ3) is 4.98. The minimum Gasteiger partial charge on any atom is -0.457 e. The van der Waals surface area contributed by atoms with E-state index in [4.69, 9.17) is 4.74 Å². The summed E-state index contributed by atoms with van der Waals surface area (Å²) in [5, 5.41) is 12.7. The molecule has 32 heavy (non-hydrogen) atoms. The number of aromatic nitrogens is 3. The van der Waals surface area contributed by atoms with Gasteiger partial charge in [0.25, 0.3) is 0 Å². The molecule has 0 unspecified atom stereocenters. The number of aryl methyl sites for hydroxylation is 1. The fourth-order valence-corrected chi connectivity index (χ4v) is 3.51. The highest BCUT2D eigenvalue weighted by molar-refractivity contribution is 5.88. The smallest absolute Gasteiger partial charge is 0.158 e. The summed E-state index contributed by atoms with van der Waals surface area (Å²) in [6.07, 6.45) is 7.74. The molecule has 0 atom stereocenters. The molecule has 2 aromatic carbocycles. The summed E-state index contributed by atoms with van der Waals surface area (Å²) < 4.78 is 8.10. The first-order valence-electron chi connectivity index (χ1n) is 10.8. The van der Waals surface area contributed by atoms with Gasteiger partial charge in [-0.2, -0.15) is 0 Å². The number of ether oxygens (including phenoxy) is 1. The molecule has 0 aliphatic rings. The lowest BCUT2D eigenvalue weighted by molar-refractivity contribution is 0.278. The molecule has 6 heteroatoms. The molecule has 0 aliphatic heterocycles. The third-order valence-electron chi connectivity index (χ3n) is 5.09. The number of hydrogen-bond donors (Lipinski definition) is 2. The van der Waals surface area contributed by atoms with E-state index in [-0.39, 0.29) is 6.61 Å². The zero-order valence-corrected chi connectivity index (χ0v) is 18.6. The van der Waals surface area contributed by atoms with Crippen molar-refractivity contribution in [2.24, 2.45) is 5.92 Å². The Bertz CT molecular complexity index is 1240.